The van der Waals surface area contributed by atoms with Crippen LogP contribution in [-0.4, -0.2) is 56.4 Å². The number of nitrogens with zero attached hydrogens (tertiary/aromatic N) is 4. The number of ether oxygens (including phenoxy) is 1. The number of fused-ring (bicyclic) bond motifs is 1. The Labute approximate surface area is 225 Å². The Morgan fingerprint density at radius 2 is 2.05 bits per heavy atom. The molecule has 1 saturated carbocycles. The number of carbonyl (C=O) groups is 1. The number of aliphatic hydroxyl groups excluding tert-OH is 1. The van der Waals surface area contributed by atoms with Crippen molar-refractivity contribution in [2.24, 2.45) is 13.0 Å². The third kappa shape index (κ3) is 6.42. The molecule has 0 saturated heterocycles. The van der Waals surface area contributed by atoms with Crippen LogP contribution >= 0.6 is 0 Å². The van der Waals surface area contributed by atoms with E-state index in [0.717, 1.165) is 43.1 Å². The van der Waals surface area contributed by atoms with Crippen LogP contribution in [-0.2, 0) is 33.0 Å². The Morgan fingerprint density at radius 1 is 1.21 bits per heavy atom. The van der Waals surface area contributed by atoms with Gasteiger partial charge in [0.25, 0.3) is 5.91 Å². The second-order valence-corrected chi connectivity index (χ2v) is 10.8. The van der Waals surface area contributed by atoms with Crippen molar-refractivity contribution in [2.45, 2.75) is 64.7 Å². The Morgan fingerprint density at radius 3 is 2.84 bits per heavy atom. The number of pyridine rings is 1. The van der Waals surface area contributed by atoms with Gasteiger partial charge in [-0.05, 0) is 66.6 Å². The first-order valence-corrected chi connectivity index (χ1v) is 13.8. The van der Waals surface area contributed by atoms with Gasteiger partial charge in [0.15, 0.2) is 0 Å². The third-order valence-electron chi connectivity index (χ3n) is 8.03. The van der Waals surface area contributed by atoms with E-state index in [0.29, 0.717) is 24.6 Å². The molecule has 1 aromatic carbocycles. The van der Waals surface area contributed by atoms with E-state index in [1.165, 1.54) is 42.4 Å². The van der Waals surface area contributed by atoms with E-state index in [9.17, 15) is 9.90 Å². The number of nitrogens with one attached hydrogen (secondary N) is 1. The number of hydrogen-bond donors (Lipinski definition) is 2. The maximum Gasteiger partial charge on any atom is 0.251 e. The third-order valence-corrected chi connectivity index (χ3v) is 8.03. The van der Waals surface area contributed by atoms with Crippen LogP contribution in [0.2, 0.25) is 0 Å². The van der Waals surface area contributed by atoms with E-state index in [2.05, 4.69) is 33.3 Å². The van der Waals surface area contributed by atoms with Gasteiger partial charge in [0.05, 0.1) is 11.8 Å². The summed E-state index contributed by atoms with van der Waals surface area (Å²) in [5.74, 6) is 1.44. The lowest BCUT2D eigenvalue weighted by molar-refractivity contribution is 0.0841. The minimum atomic E-state index is -0.636. The first-order chi connectivity index (χ1) is 18.5. The smallest absolute Gasteiger partial charge is 0.251 e. The van der Waals surface area contributed by atoms with E-state index in [4.69, 9.17) is 4.74 Å². The molecule has 1 aliphatic heterocycles. The number of benzene rings is 1. The van der Waals surface area contributed by atoms with E-state index in [-0.39, 0.29) is 12.5 Å². The van der Waals surface area contributed by atoms with Crippen LogP contribution in [0.1, 0.15) is 64.1 Å². The highest BCUT2D eigenvalue weighted by molar-refractivity contribution is 5.94. The predicted octanol–water partition coefficient (Wildman–Crippen LogP) is 3.58. The molecule has 3 aromatic rings. The lowest BCUT2D eigenvalue weighted by Gasteiger charge is -2.31. The van der Waals surface area contributed by atoms with Gasteiger partial charge in [-0.2, -0.15) is 5.10 Å². The largest absolute Gasteiger partial charge is 0.487 e. The number of hydrogen-bond acceptors (Lipinski definition) is 6. The zero-order valence-electron chi connectivity index (χ0n) is 22.5. The highest BCUT2D eigenvalue weighted by Crippen LogP contribution is 2.30. The van der Waals surface area contributed by atoms with Crippen molar-refractivity contribution >= 4 is 5.91 Å². The van der Waals surface area contributed by atoms with E-state index >= 15 is 0 Å². The lowest BCUT2D eigenvalue weighted by Crippen LogP contribution is -2.42. The number of β-amino-alcohol motifs (C(OH)–C–C–N with tert-alkyl or cyclic N) is 1. The maximum absolute atomic E-state index is 12.7. The zero-order valence-corrected chi connectivity index (χ0v) is 22.5. The summed E-state index contributed by atoms with van der Waals surface area (Å²) < 4.78 is 7.92. The number of amides is 1. The van der Waals surface area contributed by atoms with Crippen LogP contribution in [0.5, 0.6) is 5.75 Å². The van der Waals surface area contributed by atoms with Crippen molar-refractivity contribution in [2.75, 3.05) is 19.6 Å². The zero-order chi connectivity index (χ0) is 26.5. The minimum Gasteiger partial charge on any atom is -0.487 e. The van der Waals surface area contributed by atoms with Crippen LogP contribution in [0.3, 0.4) is 0 Å². The molecule has 0 spiro atoms. The summed E-state index contributed by atoms with van der Waals surface area (Å²) in [5.41, 5.74) is 6.41. The Balaban J connectivity index is 1.10. The van der Waals surface area contributed by atoms with Gasteiger partial charge in [0, 0.05) is 56.9 Å². The first kappa shape index (κ1) is 26.4. The van der Waals surface area contributed by atoms with Gasteiger partial charge >= 0.3 is 0 Å². The van der Waals surface area contributed by atoms with Crippen molar-refractivity contribution < 1.29 is 14.6 Å². The summed E-state index contributed by atoms with van der Waals surface area (Å²) in [6, 6.07) is 9.79. The summed E-state index contributed by atoms with van der Waals surface area (Å²) in [6.07, 6.45) is 9.82. The molecule has 2 N–H and O–H groups in total. The van der Waals surface area contributed by atoms with Crippen LogP contribution in [0.15, 0.2) is 42.7 Å². The summed E-state index contributed by atoms with van der Waals surface area (Å²) >= 11 is 0. The molecule has 0 bridgehead atoms. The normalized spacial score (nSPS) is 16.8. The van der Waals surface area contributed by atoms with Crippen LogP contribution in [0.4, 0.5) is 0 Å². The number of aliphatic hydroxyl groups is 1. The molecule has 1 atom stereocenters. The van der Waals surface area contributed by atoms with Crippen LogP contribution < -0.4 is 10.1 Å². The van der Waals surface area contributed by atoms with Crippen LogP contribution in [0, 0.1) is 12.8 Å². The average molecular weight is 518 g/mol. The van der Waals surface area contributed by atoms with Crippen LogP contribution in [0.25, 0.3) is 0 Å². The Bertz CT molecular complexity index is 1250. The molecule has 1 fully saturated rings. The lowest BCUT2D eigenvalue weighted by atomic mass is 9.94. The number of rotatable bonds is 10. The molecule has 1 aliphatic carbocycles. The Hall–Kier alpha value is -3.23. The van der Waals surface area contributed by atoms with Gasteiger partial charge in [-0.15, -0.1) is 0 Å². The first-order valence-electron chi connectivity index (χ1n) is 13.8. The molecular formula is C30H39N5O3. The van der Waals surface area contributed by atoms with E-state index < -0.39 is 6.10 Å². The van der Waals surface area contributed by atoms with Gasteiger partial charge in [-0.25, -0.2) is 0 Å². The molecule has 2 aliphatic rings. The van der Waals surface area contributed by atoms with Gasteiger partial charge in [-0.3, -0.25) is 19.4 Å². The van der Waals surface area contributed by atoms with Crippen molar-refractivity contribution in [3.63, 3.8) is 0 Å². The maximum atomic E-state index is 12.7. The topological polar surface area (TPSA) is 92.5 Å². The molecule has 3 heterocycles. The van der Waals surface area contributed by atoms with E-state index in [1.807, 2.05) is 29.9 Å². The van der Waals surface area contributed by atoms with Gasteiger partial charge < -0.3 is 15.2 Å². The fraction of sp³-hybridized carbons (Fsp3) is 0.500. The molecule has 8 heteroatoms. The number of carbonyl (C=O) groups excluding carboxylic acids is 1. The molecule has 2 aromatic heterocycles. The highest BCUT2D eigenvalue weighted by Gasteiger charge is 2.22. The quantitative estimate of drug-likeness (QED) is 0.427. The SMILES string of the molecule is Cc1c(OCc2ccnn2C)ccc2c1CCN(C[C@@H](O)CNC(=O)c1ccnc(CC3CCCC3)c1)C2. The average Bonchev–Trinajstić information content (AvgIpc) is 3.58. The summed E-state index contributed by atoms with van der Waals surface area (Å²) in [4.78, 5) is 19.4. The van der Waals surface area contributed by atoms with Crippen molar-refractivity contribution in [3.8, 4) is 5.75 Å². The molecule has 0 radical (unpaired) electrons. The summed E-state index contributed by atoms with van der Waals surface area (Å²) in [7, 11) is 1.92. The monoisotopic (exact) mass is 517 g/mol. The van der Waals surface area contributed by atoms with Crippen molar-refractivity contribution in [1.82, 2.24) is 25.0 Å². The molecule has 202 valence electrons. The number of aryl methyl sites for hydroxylation is 1. The minimum absolute atomic E-state index is 0.155. The second kappa shape index (κ2) is 12.1. The summed E-state index contributed by atoms with van der Waals surface area (Å²) in [5, 5.41) is 17.8. The molecule has 1 amide bonds. The fourth-order valence-corrected chi connectivity index (χ4v) is 5.80. The van der Waals surface area contributed by atoms with Gasteiger partial charge in [-0.1, -0.05) is 31.7 Å². The molecule has 8 nitrogen and oxygen atoms in total. The van der Waals surface area contributed by atoms with Crippen molar-refractivity contribution in [1.29, 1.82) is 0 Å². The number of aromatic nitrogens is 3. The molecule has 0 unspecified atom stereocenters. The van der Waals surface area contributed by atoms with Crippen molar-refractivity contribution in [3.05, 3.63) is 76.4 Å². The molecule has 38 heavy (non-hydrogen) atoms. The summed E-state index contributed by atoms with van der Waals surface area (Å²) in [6.45, 7) is 4.98. The molecule has 5 rings (SSSR count). The standard InChI is InChI=1S/C30H39N5O3/c1-21-28-11-14-35(18-24(28)7-8-29(21)38-20-26-10-13-33-34(26)2)19-27(36)17-32-30(37)23-9-12-31-25(16-23)15-22-5-3-4-6-22/h7-10,12-13,16,22,27,36H,3-6,11,14-15,17-20H2,1-2H3,(H,32,37)/t27-/m0/s1. The van der Waals surface area contributed by atoms with Gasteiger partial charge in [0.1, 0.15) is 12.4 Å². The fourth-order valence-electron chi connectivity index (χ4n) is 5.80. The predicted molar refractivity (Wildman–Crippen MR) is 146 cm³/mol. The Kier molecular flexibility index (Phi) is 8.39. The van der Waals surface area contributed by atoms with E-state index in [1.54, 1.807) is 18.5 Å². The molecular weight excluding hydrogens is 478 g/mol. The van der Waals surface area contributed by atoms with Gasteiger partial charge in [0.2, 0.25) is 0 Å². The highest BCUT2D eigenvalue weighted by atomic mass is 16.5. The second-order valence-electron chi connectivity index (χ2n) is 10.8.